The number of nitrogens with one attached hydrogen (secondary N) is 1. The van der Waals surface area contributed by atoms with Gasteiger partial charge in [0.1, 0.15) is 12.4 Å². The van der Waals surface area contributed by atoms with Gasteiger partial charge in [-0.2, -0.15) is 13.2 Å². The highest BCUT2D eigenvalue weighted by atomic mass is 35.5. The average Bonchev–Trinajstić information content (AvgIpc) is 2.62. The number of rotatable bonds is 4. The van der Waals surface area contributed by atoms with Crippen LogP contribution in [-0.2, 0) is 5.54 Å². The standard InChI is InChI=1S/C20H21ClF4N2O/c1-3-12(2)20(13-4-7-15(22)8-5-13)16-10-14(21)6-9-17(16)26-18(28)27(20)11-19(23,24)25/h4-8,10,12,17H,3,9,11H2,1-2H3,(H,26,28)/t12-,17?,20-/m0/s1. The van der Waals surface area contributed by atoms with Crippen molar-refractivity contribution in [3.8, 4) is 0 Å². The predicted octanol–water partition coefficient (Wildman–Crippen LogP) is 5.48. The van der Waals surface area contributed by atoms with Crippen molar-refractivity contribution in [2.45, 2.75) is 44.4 Å². The molecule has 0 aromatic heterocycles. The highest BCUT2D eigenvalue weighted by Crippen LogP contribution is 2.50. The number of amides is 2. The number of hydrogen-bond donors (Lipinski definition) is 1. The fourth-order valence-corrected chi connectivity index (χ4v) is 4.46. The van der Waals surface area contributed by atoms with Gasteiger partial charge in [-0.15, -0.1) is 0 Å². The van der Waals surface area contributed by atoms with Crippen LogP contribution in [0.25, 0.3) is 0 Å². The molecule has 8 heteroatoms. The van der Waals surface area contributed by atoms with Gasteiger partial charge in [-0.3, -0.25) is 0 Å². The third kappa shape index (κ3) is 3.52. The maximum atomic E-state index is 13.6. The zero-order chi connectivity index (χ0) is 20.7. The number of carbonyl (C=O) groups is 1. The molecule has 1 aliphatic heterocycles. The molecule has 1 fully saturated rings. The third-order valence-electron chi connectivity index (χ3n) is 5.57. The van der Waals surface area contributed by atoms with Crippen LogP contribution in [-0.4, -0.2) is 29.7 Å². The SMILES string of the molecule is CC[C@H](C)[C@]1(c2ccc(F)cc2)C2=CC(Cl)=CCC2NC(=O)N1CC(F)(F)F. The molecule has 3 rings (SSSR count). The van der Waals surface area contributed by atoms with Crippen molar-refractivity contribution in [3.63, 3.8) is 0 Å². The number of alkyl halides is 3. The molecule has 1 aliphatic carbocycles. The topological polar surface area (TPSA) is 32.3 Å². The number of hydrogen-bond acceptors (Lipinski definition) is 1. The summed E-state index contributed by atoms with van der Waals surface area (Å²) in [6.45, 7) is 2.23. The lowest BCUT2D eigenvalue weighted by Gasteiger charge is -2.55. The smallest absolute Gasteiger partial charge is 0.331 e. The van der Waals surface area contributed by atoms with E-state index < -0.39 is 36.2 Å². The molecule has 1 aromatic rings. The first-order valence-electron chi connectivity index (χ1n) is 9.08. The third-order valence-corrected chi connectivity index (χ3v) is 5.84. The Hall–Kier alpha value is -2.02. The molecular weight excluding hydrogens is 396 g/mol. The summed E-state index contributed by atoms with van der Waals surface area (Å²) in [5, 5.41) is 3.07. The molecule has 0 saturated carbocycles. The van der Waals surface area contributed by atoms with E-state index in [1.807, 2.05) is 6.92 Å². The number of benzene rings is 1. The Kier molecular flexibility index (Phi) is 5.49. The summed E-state index contributed by atoms with van der Waals surface area (Å²) in [5.74, 6) is -0.875. The lowest BCUT2D eigenvalue weighted by Crippen LogP contribution is -2.67. The molecule has 1 saturated heterocycles. The predicted molar refractivity (Wildman–Crippen MR) is 99.2 cm³/mol. The number of halogens is 5. The van der Waals surface area contributed by atoms with E-state index in [1.54, 1.807) is 19.1 Å². The van der Waals surface area contributed by atoms with Gasteiger partial charge in [0.15, 0.2) is 0 Å². The second-order valence-corrected chi connectivity index (χ2v) is 7.65. The maximum absolute atomic E-state index is 13.6. The van der Waals surface area contributed by atoms with Crippen LogP contribution in [0.4, 0.5) is 22.4 Å². The van der Waals surface area contributed by atoms with Crippen LogP contribution in [0.15, 0.2) is 47.0 Å². The number of fused-ring (bicyclic) bond motifs is 1. The highest BCUT2D eigenvalue weighted by Gasteiger charge is 2.56. The first kappa shape index (κ1) is 20.7. The number of carbonyl (C=O) groups excluding carboxylic acids is 1. The van der Waals surface area contributed by atoms with E-state index in [9.17, 15) is 22.4 Å². The summed E-state index contributed by atoms with van der Waals surface area (Å²) >= 11 is 6.21. The Bertz CT molecular complexity index is 818. The molecule has 3 atom stereocenters. The van der Waals surface area contributed by atoms with Crippen LogP contribution in [0.3, 0.4) is 0 Å². The number of nitrogens with zero attached hydrogens (tertiary/aromatic N) is 1. The van der Waals surface area contributed by atoms with Gasteiger partial charge in [0.25, 0.3) is 0 Å². The summed E-state index contributed by atoms with van der Waals surface area (Å²) in [5.41, 5.74) is -0.367. The molecule has 152 valence electrons. The second-order valence-electron chi connectivity index (χ2n) is 7.21. The molecule has 1 heterocycles. The summed E-state index contributed by atoms with van der Waals surface area (Å²) in [6, 6.07) is 4.04. The summed E-state index contributed by atoms with van der Waals surface area (Å²) in [4.78, 5) is 13.7. The second kappa shape index (κ2) is 7.43. The first-order chi connectivity index (χ1) is 13.1. The van der Waals surface area contributed by atoms with Crippen LogP contribution >= 0.6 is 11.6 Å². The van der Waals surface area contributed by atoms with Gasteiger partial charge in [0.05, 0.1) is 11.6 Å². The minimum absolute atomic E-state index is 0.373. The Morgan fingerprint density at radius 2 is 1.96 bits per heavy atom. The van der Waals surface area contributed by atoms with E-state index in [1.165, 1.54) is 24.3 Å². The first-order valence-corrected chi connectivity index (χ1v) is 9.46. The monoisotopic (exact) mass is 416 g/mol. The van der Waals surface area contributed by atoms with Crippen LogP contribution in [0.2, 0.25) is 0 Å². The van der Waals surface area contributed by atoms with E-state index >= 15 is 0 Å². The molecule has 0 radical (unpaired) electrons. The van der Waals surface area contributed by atoms with Gasteiger partial charge >= 0.3 is 12.2 Å². The lowest BCUT2D eigenvalue weighted by atomic mass is 9.66. The number of urea groups is 1. The molecule has 3 nitrogen and oxygen atoms in total. The van der Waals surface area contributed by atoms with E-state index in [4.69, 9.17) is 11.6 Å². The van der Waals surface area contributed by atoms with Crippen molar-refractivity contribution in [2.75, 3.05) is 6.54 Å². The Labute approximate surface area is 166 Å². The molecule has 1 N–H and O–H groups in total. The van der Waals surface area contributed by atoms with Crippen LogP contribution in [0.1, 0.15) is 32.3 Å². The molecule has 0 bridgehead atoms. The minimum Gasteiger partial charge on any atom is -0.331 e. The van der Waals surface area contributed by atoms with E-state index in [0.29, 0.717) is 29.0 Å². The zero-order valence-electron chi connectivity index (χ0n) is 15.5. The van der Waals surface area contributed by atoms with Crippen molar-refractivity contribution in [1.82, 2.24) is 10.2 Å². The lowest BCUT2D eigenvalue weighted by molar-refractivity contribution is -0.154. The molecule has 1 aromatic carbocycles. The van der Waals surface area contributed by atoms with Gasteiger partial charge in [-0.25, -0.2) is 9.18 Å². The summed E-state index contributed by atoms with van der Waals surface area (Å²) in [6.07, 6.45) is -0.354. The fourth-order valence-electron chi connectivity index (χ4n) is 4.25. The summed E-state index contributed by atoms with van der Waals surface area (Å²) in [7, 11) is 0. The van der Waals surface area contributed by atoms with Crippen molar-refractivity contribution < 1.29 is 22.4 Å². The normalized spacial score (nSPS) is 26.2. The van der Waals surface area contributed by atoms with E-state index in [0.717, 1.165) is 4.90 Å². The molecule has 2 aliphatic rings. The van der Waals surface area contributed by atoms with E-state index in [2.05, 4.69) is 5.32 Å². The Morgan fingerprint density at radius 3 is 2.54 bits per heavy atom. The Balaban J connectivity index is 2.32. The maximum Gasteiger partial charge on any atom is 0.406 e. The largest absolute Gasteiger partial charge is 0.406 e. The molecule has 28 heavy (non-hydrogen) atoms. The Morgan fingerprint density at radius 1 is 1.32 bits per heavy atom. The molecule has 1 unspecified atom stereocenters. The van der Waals surface area contributed by atoms with Crippen molar-refractivity contribution >= 4 is 17.6 Å². The highest BCUT2D eigenvalue weighted by molar-refractivity contribution is 6.31. The van der Waals surface area contributed by atoms with Crippen molar-refractivity contribution in [2.24, 2.45) is 5.92 Å². The van der Waals surface area contributed by atoms with Gasteiger partial charge in [-0.05, 0) is 41.7 Å². The van der Waals surface area contributed by atoms with Gasteiger partial charge in [-0.1, -0.05) is 50.1 Å². The molecule has 2 amide bonds. The van der Waals surface area contributed by atoms with Crippen molar-refractivity contribution in [1.29, 1.82) is 0 Å². The average molecular weight is 417 g/mol. The molecule has 0 spiro atoms. The quantitative estimate of drug-likeness (QED) is 0.648. The van der Waals surface area contributed by atoms with Gasteiger partial charge < -0.3 is 10.2 Å². The van der Waals surface area contributed by atoms with Gasteiger partial charge in [0, 0.05) is 5.03 Å². The zero-order valence-corrected chi connectivity index (χ0v) is 16.2. The van der Waals surface area contributed by atoms with Gasteiger partial charge in [0.2, 0.25) is 0 Å². The fraction of sp³-hybridized carbons (Fsp3) is 0.450. The van der Waals surface area contributed by atoms with Crippen LogP contribution in [0.5, 0.6) is 0 Å². The minimum atomic E-state index is -4.60. The molecular formula is C20H21ClF4N2O. The van der Waals surface area contributed by atoms with Crippen LogP contribution < -0.4 is 5.32 Å². The summed E-state index contributed by atoms with van der Waals surface area (Å²) < 4.78 is 54.0. The van der Waals surface area contributed by atoms with E-state index in [-0.39, 0.29) is 5.92 Å². The number of allylic oxidation sites excluding steroid dienone is 2. The van der Waals surface area contributed by atoms with Crippen molar-refractivity contribution in [3.05, 3.63) is 58.4 Å². The van der Waals surface area contributed by atoms with Crippen LogP contribution in [0, 0.1) is 11.7 Å².